The number of likely N-dealkylation sites (N-methyl/N-ethyl adjacent to an activating group) is 3. The third kappa shape index (κ3) is 2.25. The second-order valence-electron chi connectivity index (χ2n) is 5.09. The van der Waals surface area contributed by atoms with Crippen LogP contribution in [-0.4, -0.2) is 84.2 Å². The maximum absolute atomic E-state index is 12.1. The first-order valence-corrected chi connectivity index (χ1v) is 6.86. The van der Waals surface area contributed by atoms with Crippen molar-refractivity contribution in [1.29, 1.82) is 0 Å². The van der Waals surface area contributed by atoms with Gasteiger partial charge in [0.25, 0.3) is 5.91 Å². The minimum Gasteiger partial charge on any atom is -0.317 e. The second-order valence-corrected chi connectivity index (χ2v) is 5.09. The number of rotatable bonds is 3. The predicted octanol–water partition coefficient (Wildman–Crippen LogP) is -1.01. The largest absolute Gasteiger partial charge is 0.317 e. The van der Waals surface area contributed by atoms with E-state index in [1.165, 1.54) is 0 Å². The predicted molar refractivity (Wildman–Crippen MR) is 70.6 cm³/mol. The highest BCUT2D eigenvalue weighted by Gasteiger charge is 2.46. The third-order valence-corrected chi connectivity index (χ3v) is 4.01. The molecule has 0 aromatic rings. The molecule has 18 heavy (non-hydrogen) atoms. The molecule has 2 unspecified atom stereocenters. The molecule has 2 fully saturated rings. The van der Waals surface area contributed by atoms with Crippen LogP contribution in [0.1, 0.15) is 13.8 Å². The second kappa shape index (κ2) is 5.52. The number of carbonyl (C=O) groups is 1. The molecule has 2 atom stereocenters. The van der Waals surface area contributed by atoms with Crippen LogP contribution in [0.25, 0.3) is 0 Å². The Morgan fingerprint density at radius 3 is 2.28 bits per heavy atom. The van der Waals surface area contributed by atoms with Crippen molar-refractivity contribution in [1.82, 2.24) is 19.8 Å². The molecule has 104 valence electrons. The van der Waals surface area contributed by atoms with Crippen molar-refractivity contribution in [3.05, 3.63) is 0 Å². The maximum atomic E-state index is 12.1. The van der Waals surface area contributed by atoms with Gasteiger partial charge in [-0.2, -0.15) is 5.01 Å². The van der Waals surface area contributed by atoms with Crippen LogP contribution in [0.15, 0.2) is 0 Å². The first-order chi connectivity index (χ1) is 8.60. The van der Waals surface area contributed by atoms with E-state index in [9.17, 15) is 4.79 Å². The standard InChI is InChI=1S/C12H25N5O/c1-4-16-11(10(13)12(18)17(16)5-2)15-8-6-14(3)7-9-15/h10-11H,4-9,13H2,1-3H3. The number of amides is 1. The van der Waals surface area contributed by atoms with Crippen molar-refractivity contribution in [2.24, 2.45) is 5.73 Å². The number of nitrogens with two attached hydrogens (primary N) is 1. The number of hydrogen-bond donors (Lipinski definition) is 1. The van der Waals surface area contributed by atoms with Crippen LogP contribution in [0.5, 0.6) is 0 Å². The maximum Gasteiger partial charge on any atom is 0.256 e. The van der Waals surface area contributed by atoms with E-state index in [4.69, 9.17) is 5.73 Å². The summed E-state index contributed by atoms with van der Waals surface area (Å²) in [5, 5.41) is 3.92. The summed E-state index contributed by atoms with van der Waals surface area (Å²) < 4.78 is 0. The van der Waals surface area contributed by atoms with Crippen LogP contribution in [0.4, 0.5) is 0 Å². The molecular weight excluding hydrogens is 230 g/mol. The SMILES string of the molecule is CCN1C(=O)C(N)C(N2CCN(C)CC2)N1CC. The molecule has 2 saturated heterocycles. The zero-order valence-corrected chi connectivity index (χ0v) is 11.7. The summed E-state index contributed by atoms with van der Waals surface area (Å²) in [5.74, 6) is 0.0586. The molecule has 2 rings (SSSR count). The fourth-order valence-electron chi connectivity index (χ4n) is 2.95. The fourth-order valence-corrected chi connectivity index (χ4v) is 2.95. The Morgan fingerprint density at radius 2 is 1.78 bits per heavy atom. The van der Waals surface area contributed by atoms with Crippen LogP contribution < -0.4 is 5.73 Å². The van der Waals surface area contributed by atoms with Gasteiger partial charge in [0.1, 0.15) is 12.2 Å². The Morgan fingerprint density at radius 1 is 1.17 bits per heavy atom. The normalized spacial score (nSPS) is 32.4. The van der Waals surface area contributed by atoms with Gasteiger partial charge in [0.05, 0.1) is 0 Å². The average Bonchev–Trinajstić information content (AvgIpc) is 2.62. The Balaban J connectivity index is 2.12. The number of hydrazine groups is 1. The summed E-state index contributed by atoms with van der Waals surface area (Å²) in [6.45, 7) is 9.65. The van der Waals surface area contributed by atoms with Crippen molar-refractivity contribution in [3.63, 3.8) is 0 Å². The van der Waals surface area contributed by atoms with Gasteiger partial charge in [-0.3, -0.25) is 14.7 Å². The number of piperazine rings is 1. The van der Waals surface area contributed by atoms with Crippen LogP contribution in [0.2, 0.25) is 0 Å². The third-order valence-electron chi connectivity index (χ3n) is 4.01. The van der Waals surface area contributed by atoms with Gasteiger partial charge < -0.3 is 10.6 Å². The van der Waals surface area contributed by atoms with Gasteiger partial charge in [0, 0.05) is 39.3 Å². The lowest BCUT2D eigenvalue weighted by atomic mass is 10.2. The van der Waals surface area contributed by atoms with Crippen molar-refractivity contribution in [3.8, 4) is 0 Å². The molecule has 0 aromatic heterocycles. The smallest absolute Gasteiger partial charge is 0.256 e. The van der Waals surface area contributed by atoms with Crippen molar-refractivity contribution in [2.75, 3.05) is 46.3 Å². The molecule has 0 saturated carbocycles. The highest BCUT2D eigenvalue weighted by atomic mass is 16.2. The summed E-state index contributed by atoms with van der Waals surface area (Å²) in [7, 11) is 2.13. The van der Waals surface area contributed by atoms with Gasteiger partial charge in [0.15, 0.2) is 0 Å². The van der Waals surface area contributed by atoms with E-state index in [1.807, 2.05) is 6.92 Å². The number of nitrogens with zero attached hydrogens (tertiary/aromatic N) is 4. The van der Waals surface area contributed by atoms with Gasteiger partial charge >= 0.3 is 0 Å². The molecule has 0 radical (unpaired) electrons. The highest BCUT2D eigenvalue weighted by Crippen LogP contribution is 2.22. The van der Waals surface area contributed by atoms with Crippen LogP contribution >= 0.6 is 0 Å². The topological polar surface area (TPSA) is 56.1 Å². The summed E-state index contributed by atoms with van der Waals surface area (Å²) in [6, 6.07) is -0.409. The van der Waals surface area contributed by atoms with Gasteiger partial charge in [-0.15, -0.1) is 0 Å². The average molecular weight is 255 g/mol. The van der Waals surface area contributed by atoms with E-state index in [-0.39, 0.29) is 12.1 Å². The lowest BCUT2D eigenvalue weighted by Gasteiger charge is -2.41. The molecule has 2 aliphatic rings. The van der Waals surface area contributed by atoms with E-state index in [1.54, 1.807) is 5.01 Å². The Labute approximate surface area is 109 Å². The summed E-state index contributed by atoms with van der Waals surface area (Å²) >= 11 is 0. The summed E-state index contributed by atoms with van der Waals surface area (Å²) in [4.78, 5) is 16.8. The number of carbonyl (C=O) groups excluding carboxylic acids is 1. The van der Waals surface area contributed by atoms with E-state index in [2.05, 4.69) is 28.8 Å². The van der Waals surface area contributed by atoms with Crippen molar-refractivity contribution in [2.45, 2.75) is 26.1 Å². The van der Waals surface area contributed by atoms with E-state index in [0.717, 1.165) is 32.7 Å². The molecule has 2 heterocycles. The van der Waals surface area contributed by atoms with Gasteiger partial charge in [-0.1, -0.05) is 6.92 Å². The van der Waals surface area contributed by atoms with Crippen LogP contribution in [0.3, 0.4) is 0 Å². The molecule has 1 amide bonds. The molecule has 6 nitrogen and oxygen atoms in total. The first kappa shape index (κ1) is 13.7. The lowest BCUT2D eigenvalue weighted by Crippen LogP contribution is -2.59. The minimum absolute atomic E-state index is 0.0381. The molecule has 0 aliphatic carbocycles. The molecule has 2 N–H and O–H groups in total. The van der Waals surface area contributed by atoms with Crippen molar-refractivity contribution >= 4 is 5.91 Å². The molecule has 6 heteroatoms. The first-order valence-electron chi connectivity index (χ1n) is 6.86. The quantitative estimate of drug-likeness (QED) is 0.700. The monoisotopic (exact) mass is 255 g/mol. The van der Waals surface area contributed by atoms with E-state index < -0.39 is 6.04 Å². The van der Waals surface area contributed by atoms with Gasteiger partial charge in [-0.25, -0.2) is 0 Å². The Hall–Kier alpha value is -0.690. The minimum atomic E-state index is -0.409. The van der Waals surface area contributed by atoms with Gasteiger partial charge in [0.2, 0.25) is 0 Å². The van der Waals surface area contributed by atoms with Gasteiger partial charge in [-0.05, 0) is 14.0 Å². The zero-order valence-electron chi connectivity index (χ0n) is 11.7. The molecule has 0 aromatic carbocycles. The van der Waals surface area contributed by atoms with E-state index in [0.29, 0.717) is 6.54 Å². The lowest BCUT2D eigenvalue weighted by molar-refractivity contribution is -0.140. The summed E-state index contributed by atoms with van der Waals surface area (Å²) in [6.07, 6.45) is 0.0381. The zero-order chi connectivity index (χ0) is 13.3. The Kier molecular flexibility index (Phi) is 4.21. The fraction of sp³-hybridized carbons (Fsp3) is 0.917. The molecule has 0 bridgehead atoms. The van der Waals surface area contributed by atoms with E-state index >= 15 is 0 Å². The molecular formula is C12H25N5O. The van der Waals surface area contributed by atoms with Crippen molar-refractivity contribution < 1.29 is 4.79 Å². The Bertz CT molecular complexity index is 303. The number of hydrogen-bond acceptors (Lipinski definition) is 5. The van der Waals surface area contributed by atoms with Crippen LogP contribution in [-0.2, 0) is 4.79 Å². The highest BCUT2D eigenvalue weighted by molar-refractivity contribution is 5.84. The summed E-state index contributed by atoms with van der Waals surface area (Å²) in [5.41, 5.74) is 6.13. The molecule has 2 aliphatic heterocycles. The van der Waals surface area contributed by atoms with Crippen LogP contribution in [0, 0.1) is 0 Å². The molecule has 0 spiro atoms.